The first kappa shape index (κ1) is 12.4. The molecule has 1 saturated heterocycles. The van der Waals surface area contributed by atoms with Crippen LogP contribution in [0.3, 0.4) is 0 Å². The molecule has 0 amide bonds. The van der Waals surface area contributed by atoms with Crippen LogP contribution in [0.1, 0.15) is 31.2 Å². The average molecular weight is 259 g/mol. The summed E-state index contributed by atoms with van der Waals surface area (Å²) in [6.07, 6.45) is 1.25. The number of rotatable bonds is 3. The van der Waals surface area contributed by atoms with Gasteiger partial charge in [0.05, 0.1) is 10.4 Å². The van der Waals surface area contributed by atoms with E-state index < -0.39 is 0 Å². The Morgan fingerprint density at radius 1 is 1.56 bits per heavy atom. The highest BCUT2D eigenvalue weighted by atomic mass is 35.5. The second kappa shape index (κ2) is 4.65. The highest BCUT2D eigenvalue weighted by Crippen LogP contribution is 2.37. The molecule has 1 aliphatic rings. The molecule has 0 radical (unpaired) electrons. The average Bonchev–Trinajstić information content (AvgIpc) is 2.75. The zero-order valence-electron chi connectivity index (χ0n) is 9.87. The van der Waals surface area contributed by atoms with Gasteiger partial charge in [0.2, 0.25) is 0 Å². The molecular formula is C12H19ClN2S. The molecule has 0 bridgehead atoms. The van der Waals surface area contributed by atoms with Gasteiger partial charge < -0.3 is 5.73 Å². The Kier molecular flexibility index (Phi) is 3.59. The largest absolute Gasteiger partial charge is 0.329 e. The zero-order chi connectivity index (χ0) is 11.8. The molecule has 1 aromatic rings. The fourth-order valence-electron chi connectivity index (χ4n) is 2.37. The molecule has 1 fully saturated rings. The number of hydrogen-bond acceptors (Lipinski definition) is 3. The first-order valence-corrected chi connectivity index (χ1v) is 6.91. The smallest absolute Gasteiger partial charge is 0.0931 e. The molecule has 2 N–H and O–H groups in total. The van der Waals surface area contributed by atoms with Gasteiger partial charge in [0.15, 0.2) is 0 Å². The van der Waals surface area contributed by atoms with Crippen molar-refractivity contribution >= 4 is 22.9 Å². The molecule has 16 heavy (non-hydrogen) atoms. The van der Waals surface area contributed by atoms with E-state index >= 15 is 0 Å². The maximum Gasteiger partial charge on any atom is 0.0931 e. The van der Waals surface area contributed by atoms with E-state index in [1.54, 1.807) is 11.3 Å². The third-order valence-electron chi connectivity index (χ3n) is 3.29. The van der Waals surface area contributed by atoms with E-state index in [9.17, 15) is 0 Å². The van der Waals surface area contributed by atoms with Gasteiger partial charge in [-0.2, -0.15) is 0 Å². The topological polar surface area (TPSA) is 29.3 Å². The van der Waals surface area contributed by atoms with Crippen LogP contribution in [-0.2, 0) is 0 Å². The predicted molar refractivity (Wildman–Crippen MR) is 71.1 cm³/mol. The van der Waals surface area contributed by atoms with Crippen LogP contribution in [0.4, 0.5) is 0 Å². The Balaban J connectivity index is 2.12. The summed E-state index contributed by atoms with van der Waals surface area (Å²) in [5, 5.41) is 0. The Bertz CT molecular complexity index is 362. The van der Waals surface area contributed by atoms with Crippen molar-refractivity contribution in [3.63, 3.8) is 0 Å². The van der Waals surface area contributed by atoms with E-state index in [0.717, 1.165) is 17.4 Å². The molecule has 1 aliphatic heterocycles. The summed E-state index contributed by atoms with van der Waals surface area (Å²) < 4.78 is 0.854. The van der Waals surface area contributed by atoms with E-state index in [2.05, 4.69) is 24.8 Å². The second-order valence-corrected chi connectivity index (χ2v) is 7.02. The summed E-state index contributed by atoms with van der Waals surface area (Å²) in [4.78, 5) is 3.78. The molecule has 1 atom stereocenters. The monoisotopic (exact) mass is 258 g/mol. The normalized spacial score (nSPS) is 22.5. The third-order valence-corrected chi connectivity index (χ3v) is 4.63. The van der Waals surface area contributed by atoms with Gasteiger partial charge in [-0.1, -0.05) is 25.4 Å². The number of halogens is 1. The Morgan fingerprint density at radius 3 is 2.75 bits per heavy atom. The van der Waals surface area contributed by atoms with Crippen molar-refractivity contribution < 1.29 is 0 Å². The number of likely N-dealkylation sites (tertiary alicyclic amines) is 1. The quantitative estimate of drug-likeness (QED) is 0.903. The highest BCUT2D eigenvalue weighted by Gasteiger charge is 2.33. The van der Waals surface area contributed by atoms with Gasteiger partial charge in [-0.3, -0.25) is 4.90 Å². The van der Waals surface area contributed by atoms with Crippen molar-refractivity contribution in [2.45, 2.75) is 26.3 Å². The molecular weight excluding hydrogens is 240 g/mol. The summed E-state index contributed by atoms with van der Waals surface area (Å²) >= 11 is 7.63. The molecule has 2 nitrogen and oxygen atoms in total. The van der Waals surface area contributed by atoms with E-state index in [0.29, 0.717) is 18.0 Å². The highest BCUT2D eigenvalue weighted by molar-refractivity contribution is 7.16. The van der Waals surface area contributed by atoms with Crippen LogP contribution in [0.15, 0.2) is 12.1 Å². The molecule has 2 heterocycles. The van der Waals surface area contributed by atoms with Gasteiger partial charge in [0.1, 0.15) is 0 Å². The SMILES string of the molecule is CC1(C)CCN(C(CN)c2ccc(Cl)s2)C1. The Morgan fingerprint density at radius 2 is 2.31 bits per heavy atom. The lowest BCUT2D eigenvalue weighted by atomic mass is 9.93. The fourth-order valence-corrected chi connectivity index (χ4v) is 3.58. The molecule has 1 aromatic heterocycles. The lowest BCUT2D eigenvalue weighted by Crippen LogP contribution is -2.32. The van der Waals surface area contributed by atoms with Crippen molar-refractivity contribution in [1.82, 2.24) is 4.90 Å². The fraction of sp³-hybridized carbons (Fsp3) is 0.667. The Hall–Kier alpha value is -0.0900. The predicted octanol–water partition coefficient (Wildman–Crippen LogP) is 3.13. The second-order valence-electron chi connectivity index (χ2n) is 5.28. The molecule has 0 aromatic carbocycles. The van der Waals surface area contributed by atoms with Gasteiger partial charge in [0, 0.05) is 18.0 Å². The summed E-state index contributed by atoms with van der Waals surface area (Å²) in [7, 11) is 0. The van der Waals surface area contributed by atoms with Gasteiger partial charge >= 0.3 is 0 Å². The maximum atomic E-state index is 5.98. The van der Waals surface area contributed by atoms with Crippen molar-refractivity contribution in [3.05, 3.63) is 21.3 Å². The molecule has 0 spiro atoms. The van der Waals surface area contributed by atoms with Crippen LogP contribution in [0, 0.1) is 5.41 Å². The minimum absolute atomic E-state index is 0.347. The third kappa shape index (κ3) is 2.59. The van der Waals surface area contributed by atoms with E-state index in [1.807, 2.05) is 6.07 Å². The molecule has 2 rings (SSSR count). The zero-order valence-corrected chi connectivity index (χ0v) is 11.4. The van der Waals surface area contributed by atoms with Crippen molar-refractivity contribution in [1.29, 1.82) is 0 Å². The van der Waals surface area contributed by atoms with E-state index in [1.165, 1.54) is 11.3 Å². The maximum absolute atomic E-state index is 5.98. The van der Waals surface area contributed by atoms with Gasteiger partial charge in [-0.25, -0.2) is 0 Å². The van der Waals surface area contributed by atoms with Crippen LogP contribution in [-0.4, -0.2) is 24.5 Å². The lowest BCUT2D eigenvalue weighted by Gasteiger charge is -2.27. The van der Waals surface area contributed by atoms with Crippen LogP contribution in [0.2, 0.25) is 4.34 Å². The molecule has 4 heteroatoms. The van der Waals surface area contributed by atoms with E-state index in [4.69, 9.17) is 17.3 Å². The summed E-state index contributed by atoms with van der Waals surface area (Å²) in [6.45, 7) is 7.59. The summed E-state index contributed by atoms with van der Waals surface area (Å²) in [5.74, 6) is 0. The lowest BCUT2D eigenvalue weighted by molar-refractivity contribution is 0.226. The summed E-state index contributed by atoms with van der Waals surface area (Å²) in [5.41, 5.74) is 6.33. The Labute approximate surface area is 106 Å². The number of nitrogens with two attached hydrogens (primary N) is 1. The standard InChI is InChI=1S/C12H19ClN2S/c1-12(2)5-6-15(8-12)9(7-14)10-3-4-11(13)16-10/h3-4,9H,5-8,14H2,1-2H3. The van der Waals surface area contributed by atoms with Gasteiger partial charge in [-0.15, -0.1) is 11.3 Å². The van der Waals surface area contributed by atoms with Crippen LogP contribution in [0.25, 0.3) is 0 Å². The van der Waals surface area contributed by atoms with E-state index in [-0.39, 0.29) is 0 Å². The van der Waals surface area contributed by atoms with Crippen LogP contribution < -0.4 is 5.73 Å². The van der Waals surface area contributed by atoms with Crippen molar-refractivity contribution in [2.75, 3.05) is 19.6 Å². The summed E-state index contributed by atoms with van der Waals surface area (Å²) in [6, 6.07) is 4.42. The number of thiophene rings is 1. The molecule has 0 aliphatic carbocycles. The van der Waals surface area contributed by atoms with Crippen LogP contribution >= 0.6 is 22.9 Å². The minimum Gasteiger partial charge on any atom is -0.329 e. The molecule has 90 valence electrons. The molecule has 1 unspecified atom stereocenters. The first-order valence-electron chi connectivity index (χ1n) is 5.71. The van der Waals surface area contributed by atoms with Crippen LogP contribution in [0.5, 0.6) is 0 Å². The van der Waals surface area contributed by atoms with Crippen molar-refractivity contribution in [3.8, 4) is 0 Å². The number of nitrogens with zero attached hydrogens (tertiary/aromatic N) is 1. The first-order chi connectivity index (χ1) is 7.52. The van der Waals surface area contributed by atoms with Gasteiger partial charge in [-0.05, 0) is 30.5 Å². The van der Waals surface area contributed by atoms with Gasteiger partial charge in [0.25, 0.3) is 0 Å². The number of hydrogen-bond donors (Lipinski definition) is 1. The van der Waals surface area contributed by atoms with Crippen molar-refractivity contribution in [2.24, 2.45) is 11.1 Å². The minimum atomic E-state index is 0.347. The molecule has 0 saturated carbocycles.